The van der Waals surface area contributed by atoms with E-state index in [1.54, 1.807) is 0 Å². The molecule has 1 saturated heterocycles. The quantitative estimate of drug-likeness (QED) is 0.487. The van der Waals surface area contributed by atoms with Crippen molar-refractivity contribution in [2.75, 3.05) is 12.5 Å². The average Bonchev–Trinajstić information content (AvgIpc) is 2.16. The van der Waals surface area contributed by atoms with Crippen molar-refractivity contribution in [3.05, 3.63) is 12.7 Å². The van der Waals surface area contributed by atoms with Crippen LogP contribution in [-0.2, 0) is 4.74 Å². The molecular formula is C10H17ClO. The number of rotatable bonds is 4. The molecule has 0 radical (unpaired) electrons. The van der Waals surface area contributed by atoms with Crippen molar-refractivity contribution in [2.45, 2.75) is 37.7 Å². The van der Waals surface area contributed by atoms with Gasteiger partial charge >= 0.3 is 0 Å². The Labute approximate surface area is 79.7 Å². The molecule has 1 atom stereocenters. The van der Waals surface area contributed by atoms with Crippen LogP contribution in [0.5, 0.6) is 0 Å². The van der Waals surface area contributed by atoms with E-state index in [1.165, 1.54) is 12.8 Å². The van der Waals surface area contributed by atoms with E-state index in [9.17, 15) is 0 Å². The highest BCUT2D eigenvalue weighted by Crippen LogP contribution is 2.30. The van der Waals surface area contributed by atoms with E-state index < -0.39 is 0 Å². The molecule has 70 valence electrons. The molecule has 1 rings (SSSR count). The van der Waals surface area contributed by atoms with Crippen molar-refractivity contribution >= 4 is 11.6 Å². The summed E-state index contributed by atoms with van der Waals surface area (Å²) in [5.41, 5.74) is -0.0337. The van der Waals surface area contributed by atoms with Gasteiger partial charge in [-0.05, 0) is 32.1 Å². The highest BCUT2D eigenvalue weighted by molar-refractivity contribution is 6.18. The van der Waals surface area contributed by atoms with Crippen LogP contribution in [0.4, 0.5) is 0 Å². The summed E-state index contributed by atoms with van der Waals surface area (Å²) in [4.78, 5) is 0. The van der Waals surface area contributed by atoms with Crippen molar-refractivity contribution in [3.8, 4) is 0 Å². The summed E-state index contributed by atoms with van der Waals surface area (Å²) in [5, 5.41) is 0. The van der Waals surface area contributed by atoms with E-state index in [4.69, 9.17) is 16.3 Å². The first kappa shape index (κ1) is 10.1. The lowest BCUT2D eigenvalue weighted by Crippen LogP contribution is -2.38. The van der Waals surface area contributed by atoms with Crippen LogP contribution in [0.3, 0.4) is 0 Å². The Morgan fingerprint density at radius 1 is 1.50 bits per heavy atom. The van der Waals surface area contributed by atoms with Crippen LogP contribution in [-0.4, -0.2) is 18.1 Å². The maximum Gasteiger partial charge on any atom is 0.0820 e. The van der Waals surface area contributed by atoms with Crippen molar-refractivity contribution in [3.63, 3.8) is 0 Å². The molecule has 0 aliphatic carbocycles. The summed E-state index contributed by atoms with van der Waals surface area (Å²) < 4.78 is 5.74. The molecule has 0 aromatic rings. The Hall–Kier alpha value is -0.0100. The van der Waals surface area contributed by atoms with Crippen molar-refractivity contribution in [1.29, 1.82) is 0 Å². The molecular weight excluding hydrogens is 172 g/mol. The van der Waals surface area contributed by atoms with E-state index in [1.807, 2.05) is 6.08 Å². The Bertz CT molecular complexity index is 139. The van der Waals surface area contributed by atoms with Gasteiger partial charge in [-0.25, -0.2) is 0 Å². The first-order valence-electron chi connectivity index (χ1n) is 4.64. The van der Waals surface area contributed by atoms with E-state index in [-0.39, 0.29) is 5.60 Å². The van der Waals surface area contributed by atoms with Gasteiger partial charge in [0.25, 0.3) is 0 Å². The molecule has 1 heterocycles. The molecule has 0 aromatic heterocycles. The summed E-state index contributed by atoms with van der Waals surface area (Å²) in [6, 6.07) is 0. The van der Waals surface area contributed by atoms with Crippen LogP contribution in [0.25, 0.3) is 0 Å². The number of hydrogen-bond acceptors (Lipinski definition) is 1. The van der Waals surface area contributed by atoms with E-state index in [0.29, 0.717) is 5.88 Å². The lowest BCUT2D eigenvalue weighted by molar-refractivity contribution is -0.0667. The van der Waals surface area contributed by atoms with Gasteiger partial charge in [0.2, 0.25) is 0 Å². The Balaban J connectivity index is 2.41. The predicted octanol–water partition coefficient (Wildman–Crippen LogP) is 3.13. The van der Waals surface area contributed by atoms with E-state index >= 15 is 0 Å². The summed E-state index contributed by atoms with van der Waals surface area (Å²) in [5.74, 6) is 0.626. The average molecular weight is 189 g/mol. The Kier molecular flexibility index (Phi) is 4.10. The second-order valence-electron chi connectivity index (χ2n) is 3.45. The zero-order valence-electron chi connectivity index (χ0n) is 7.52. The van der Waals surface area contributed by atoms with E-state index in [0.717, 1.165) is 25.9 Å². The number of halogens is 1. The largest absolute Gasteiger partial charge is 0.374 e. The molecule has 0 saturated carbocycles. The third-order valence-electron chi connectivity index (χ3n) is 2.48. The monoisotopic (exact) mass is 188 g/mol. The van der Waals surface area contributed by atoms with Gasteiger partial charge in [0, 0.05) is 6.61 Å². The van der Waals surface area contributed by atoms with Crippen LogP contribution in [0.2, 0.25) is 0 Å². The van der Waals surface area contributed by atoms with Gasteiger partial charge in [-0.15, -0.1) is 18.2 Å². The lowest BCUT2D eigenvalue weighted by Gasteiger charge is -2.35. The number of allylic oxidation sites excluding steroid dienone is 1. The van der Waals surface area contributed by atoms with Crippen molar-refractivity contribution in [1.82, 2.24) is 0 Å². The molecule has 0 amide bonds. The Morgan fingerprint density at radius 2 is 2.33 bits per heavy atom. The first-order chi connectivity index (χ1) is 5.83. The van der Waals surface area contributed by atoms with Crippen LogP contribution in [0, 0.1) is 0 Å². The standard InChI is InChI=1S/C10H17ClO/c1-2-3-6-10(9-11)7-4-5-8-12-10/h2H,1,3-9H2. The van der Waals surface area contributed by atoms with Crippen LogP contribution in [0.1, 0.15) is 32.1 Å². The van der Waals surface area contributed by atoms with Crippen LogP contribution < -0.4 is 0 Å². The fourth-order valence-corrected chi connectivity index (χ4v) is 1.99. The minimum atomic E-state index is -0.0337. The van der Waals surface area contributed by atoms with Gasteiger partial charge in [-0.1, -0.05) is 6.08 Å². The zero-order valence-corrected chi connectivity index (χ0v) is 8.28. The molecule has 0 bridgehead atoms. The first-order valence-corrected chi connectivity index (χ1v) is 5.17. The van der Waals surface area contributed by atoms with Crippen LogP contribution >= 0.6 is 11.6 Å². The normalized spacial score (nSPS) is 30.1. The van der Waals surface area contributed by atoms with Crippen molar-refractivity contribution in [2.24, 2.45) is 0 Å². The molecule has 1 aliphatic rings. The highest BCUT2D eigenvalue weighted by Gasteiger charge is 2.31. The molecule has 1 unspecified atom stereocenters. The summed E-state index contributed by atoms with van der Waals surface area (Å²) in [6.07, 6.45) is 7.53. The van der Waals surface area contributed by atoms with Gasteiger partial charge in [0.15, 0.2) is 0 Å². The fourth-order valence-electron chi connectivity index (χ4n) is 1.64. The van der Waals surface area contributed by atoms with Gasteiger partial charge in [0.1, 0.15) is 0 Å². The van der Waals surface area contributed by atoms with Crippen molar-refractivity contribution < 1.29 is 4.74 Å². The Morgan fingerprint density at radius 3 is 2.83 bits per heavy atom. The molecule has 1 aliphatic heterocycles. The minimum Gasteiger partial charge on any atom is -0.374 e. The fraction of sp³-hybridized carbons (Fsp3) is 0.800. The second kappa shape index (κ2) is 4.88. The van der Waals surface area contributed by atoms with Gasteiger partial charge in [0.05, 0.1) is 11.5 Å². The van der Waals surface area contributed by atoms with E-state index in [2.05, 4.69) is 6.58 Å². The molecule has 12 heavy (non-hydrogen) atoms. The molecule has 1 fully saturated rings. The van der Waals surface area contributed by atoms with Gasteiger partial charge in [-0.2, -0.15) is 0 Å². The predicted molar refractivity (Wildman–Crippen MR) is 52.7 cm³/mol. The maximum absolute atomic E-state index is 5.91. The zero-order chi connectivity index (χ0) is 8.86. The third-order valence-corrected chi connectivity index (χ3v) is 2.97. The summed E-state index contributed by atoms with van der Waals surface area (Å²) >= 11 is 5.91. The summed E-state index contributed by atoms with van der Waals surface area (Å²) in [7, 11) is 0. The molecule has 0 spiro atoms. The molecule has 0 N–H and O–H groups in total. The number of ether oxygens (including phenoxy) is 1. The number of alkyl halides is 1. The second-order valence-corrected chi connectivity index (χ2v) is 3.72. The maximum atomic E-state index is 5.91. The SMILES string of the molecule is C=CCCC1(CCl)CCCCO1. The third kappa shape index (κ3) is 2.49. The van der Waals surface area contributed by atoms with Gasteiger partial charge < -0.3 is 4.74 Å². The molecule has 1 nitrogen and oxygen atoms in total. The highest BCUT2D eigenvalue weighted by atomic mass is 35.5. The van der Waals surface area contributed by atoms with Gasteiger partial charge in [-0.3, -0.25) is 0 Å². The smallest absolute Gasteiger partial charge is 0.0820 e. The lowest BCUT2D eigenvalue weighted by atomic mass is 9.91. The number of hydrogen-bond donors (Lipinski definition) is 0. The molecule has 2 heteroatoms. The van der Waals surface area contributed by atoms with Crippen LogP contribution in [0.15, 0.2) is 12.7 Å². The molecule has 0 aromatic carbocycles. The minimum absolute atomic E-state index is 0.0337. The summed E-state index contributed by atoms with van der Waals surface area (Å²) in [6.45, 7) is 4.59. The topological polar surface area (TPSA) is 9.23 Å².